The monoisotopic (exact) mass is 338 g/mol. The molecule has 0 saturated heterocycles. The summed E-state index contributed by atoms with van der Waals surface area (Å²) in [5.41, 5.74) is 0.796. The van der Waals surface area contributed by atoms with Crippen LogP contribution in [0.2, 0.25) is 0 Å². The summed E-state index contributed by atoms with van der Waals surface area (Å²) >= 11 is 3.37. The SMILES string of the molecule is CCOC(=O)c1nc(Br)c2cc(OC3CCC3)ccn12. The highest BCUT2D eigenvalue weighted by atomic mass is 79.9. The van der Waals surface area contributed by atoms with Gasteiger partial charge >= 0.3 is 5.97 Å². The van der Waals surface area contributed by atoms with Gasteiger partial charge in [0.2, 0.25) is 5.82 Å². The standard InChI is InChI=1S/C14H15BrN2O3/c1-2-19-14(18)13-16-12(15)11-8-10(6-7-17(11)13)20-9-4-3-5-9/h6-9H,2-5H2,1H3. The molecule has 0 spiro atoms. The maximum Gasteiger partial charge on any atom is 0.374 e. The summed E-state index contributed by atoms with van der Waals surface area (Å²) in [6.07, 6.45) is 5.56. The predicted octanol–water partition coefficient (Wildman–Crippen LogP) is 3.20. The first-order valence-electron chi connectivity index (χ1n) is 6.70. The van der Waals surface area contributed by atoms with Crippen LogP contribution < -0.4 is 4.74 Å². The maximum atomic E-state index is 11.8. The topological polar surface area (TPSA) is 52.8 Å². The van der Waals surface area contributed by atoms with Gasteiger partial charge in [0, 0.05) is 12.3 Å². The average molecular weight is 339 g/mol. The van der Waals surface area contributed by atoms with Crippen LogP contribution in [0, 0.1) is 0 Å². The van der Waals surface area contributed by atoms with E-state index < -0.39 is 5.97 Å². The molecule has 0 radical (unpaired) electrons. The van der Waals surface area contributed by atoms with E-state index in [1.807, 2.05) is 12.1 Å². The number of aromatic nitrogens is 2. The molecule has 2 aromatic heterocycles. The molecule has 1 fully saturated rings. The van der Waals surface area contributed by atoms with Crippen LogP contribution in [0.1, 0.15) is 36.8 Å². The Morgan fingerprint density at radius 2 is 2.35 bits per heavy atom. The van der Waals surface area contributed by atoms with Crippen LogP contribution in [0.5, 0.6) is 5.75 Å². The van der Waals surface area contributed by atoms with E-state index in [9.17, 15) is 4.79 Å². The molecular weight excluding hydrogens is 324 g/mol. The highest BCUT2D eigenvalue weighted by Crippen LogP contribution is 2.28. The van der Waals surface area contributed by atoms with Gasteiger partial charge in [-0.3, -0.25) is 4.40 Å². The Kier molecular flexibility index (Phi) is 3.65. The van der Waals surface area contributed by atoms with Gasteiger partial charge in [-0.05, 0) is 48.2 Å². The van der Waals surface area contributed by atoms with Crippen LogP contribution in [0.15, 0.2) is 22.9 Å². The number of rotatable bonds is 4. The molecule has 2 heterocycles. The van der Waals surface area contributed by atoms with Crippen molar-refractivity contribution in [3.8, 4) is 5.75 Å². The van der Waals surface area contributed by atoms with Gasteiger partial charge < -0.3 is 9.47 Å². The Hall–Kier alpha value is -1.56. The smallest absolute Gasteiger partial charge is 0.374 e. The third-order valence-electron chi connectivity index (χ3n) is 3.38. The lowest BCUT2D eigenvalue weighted by Gasteiger charge is -2.26. The van der Waals surface area contributed by atoms with Crippen molar-refractivity contribution in [1.29, 1.82) is 0 Å². The normalized spacial score (nSPS) is 15.1. The van der Waals surface area contributed by atoms with Crippen LogP contribution in [-0.2, 0) is 4.74 Å². The van der Waals surface area contributed by atoms with E-state index >= 15 is 0 Å². The number of fused-ring (bicyclic) bond motifs is 1. The Morgan fingerprint density at radius 1 is 1.55 bits per heavy atom. The van der Waals surface area contributed by atoms with Crippen molar-refractivity contribution in [3.63, 3.8) is 0 Å². The minimum absolute atomic E-state index is 0.268. The molecular formula is C14H15BrN2O3. The number of nitrogens with zero attached hydrogens (tertiary/aromatic N) is 2. The maximum absolute atomic E-state index is 11.8. The van der Waals surface area contributed by atoms with E-state index in [0.29, 0.717) is 17.3 Å². The van der Waals surface area contributed by atoms with Crippen molar-refractivity contribution in [2.75, 3.05) is 6.61 Å². The van der Waals surface area contributed by atoms with Gasteiger partial charge in [0.05, 0.1) is 18.2 Å². The fourth-order valence-electron chi connectivity index (χ4n) is 2.12. The van der Waals surface area contributed by atoms with Crippen molar-refractivity contribution in [2.45, 2.75) is 32.3 Å². The highest BCUT2D eigenvalue weighted by molar-refractivity contribution is 9.10. The summed E-state index contributed by atoms with van der Waals surface area (Å²) in [6, 6.07) is 3.74. The number of hydrogen-bond donors (Lipinski definition) is 0. The molecule has 1 saturated carbocycles. The van der Waals surface area contributed by atoms with Gasteiger partial charge in [-0.25, -0.2) is 9.78 Å². The second-order valence-electron chi connectivity index (χ2n) is 4.74. The Balaban J connectivity index is 1.93. The number of carbonyl (C=O) groups excluding carboxylic acids is 1. The first-order valence-corrected chi connectivity index (χ1v) is 7.49. The largest absolute Gasteiger partial charge is 0.490 e. The molecule has 1 aliphatic rings. The van der Waals surface area contributed by atoms with Gasteiger partial charge in [0.15, 0.2) is 0 Å². The number of hydrogen-bond acceptors (Lipinski definition) is 4. The number of pyridine rings is 1. The van der Waals surface area contributed by atoms with Crippen molar-refractivity contribution >= 4 is 27.4 Å². The van der Waals surface area contributed by atoms with Gasteiger partial charge in [-0.1, -0.05) is 0 Å². The lowest BCUT2D eigenvalue weighted by molar-refractivity contribution is 0.0511. The summed E-state index contributed by atoms with van der Waals surface area (Å²) in [7, 11) is 0. The van der Waals surface area contributed by atoms with Gasteiger partial charge in [0.25, 0.3) is 0 Å². The molecule has 1 aliphatic carbocycles. The lowest BCUT2D eigenvalue weighted by Crippen LogP contribution is -2.24. The summed E-state index contributed by atoms with van der Waals surface area (Å²) in [6.45, 7) is 2.10. The lowest BCUT2D eigenvalue weighted by atomic mass is 9.96. The second-order valence-corrected chi connectivity index (χ2v) is 5.49. The quantitative estimate of drug-likeness (QED) is 0.803. The molecule has 6 heteroatoms. The third-order valence-corrected chi connectivity index (χ3v) is 3.97. The van der Waals surface area contributed by atoms with Gasteiger partial charge in [-0.15, -0.1) is 0 Å². The van der Waals surface area contributed by atoms with E-state index in [4.69, 9.17) is 9.47 Å². The van der Waals surface area contributed by atoms with Gasteiger partial charge in [0.1, 0.15) is 10.4 Å². The van der Waals surface area contributed by atoms with Crippen molar-refractivity contribution < 1.29 is 14.3 Å². The van der Waals surface area contributed by atoms with Crippen LogP contribution in [-0.4, -0.2) is 28.1 Å². The van der Waals surface area contributed by atoms with Crippen LogP contribution in [0.3, 0.4) is 0 Å². The molecule has 0 N–H and O–H groups in total. The fraction of sp³-hybridized carbons (Fsp3) is 0.429. The minimum Gasteiger partial charge on any atom is -0.490 e. The Bertz CT molecular complexity index is 649. The zero-order valence-electron chi connectivity index (χ0n) is 11.1. The molecule has 0 amide bonds. The van der Waals surface area contributed by atoms with Crippen molar-refractivity contribution in [1.82, 2.24) is 9.38 Å². The van der Waals surface area contributed by atoms with E-state index in [2.05, 4.69) is 20.9 Å². The van der Waals surface area contributed by atoms with E-state index in [1.54, 1.807) is 17.5 Å². The zero-order chi connectivity index (χ0) is 14.1. The molecule has 0 aliphatic heterocycles. The first-order chi connectivity index (χ1) is 9.69. The summed E-state index contributed by atoms with van der Waals surface area (Å²) in [5.74, 6) is 0.642. The summed E-state index contributed by atoms with van der Waals surface area (Å²) < 4.78 is 13.2. The van der Waals surface area contributed by atoms with Crippen LogP contribution in [0.4, 0.5) is 0 Å². The second kappa shape index (κ2) is 5.44. The predicted molar refractivity (Wildman–Crippen MR) is 77.1 cm³/mol. The average Bonchev–Trinajstić information content (AvgIpc) is 2.72. The number of imidazole rings is 1. The molecule has 0 unspecified atom stereocenters. The van der Waals surface area contributed by atoms with Crippen molar-refractivity contribution in [2.24, 2.45) is 0 Å². The zero-order valence-corrected chi connectivity index (χ0v) is 12.7. The summed E-state index contributed by atoms with van der Waals surface area (Å²) in [5, 5.41) is 0. The van der Waals surface area contributed by atoms with Gasteiger partial charge in [-0.2, -0.15) is 0 Å². The molecule has 0 aromatic carbocycles. The van der Waals surface area contributed by atoms with Crippen molar-refractivity contribution in [3.05, 3.63) is 28.8 Å². The number of halogens is 1. The molecule has 5 nitrogen and oxygen atoms in total. The molecule has 3 rings (SSSR count). The number of esters is 1. The molecule has 20 heavy (non-hydrogen) atoms. The molecule has 2 aromatic rings. The minimum atomic E-state index is -0.430. The highest BCUT2D eigenvalue weighted by Gasteiger charge is 2.21. The first kappa shape index (κ1) is 13.4. The Morgan fingerprint density at radius 3 is 3.00 bits per heavy atom. The van der Waals surface area contributed by atoms with Crippen LogP contribution in [0.25, 0.3) is 5.52 Å². The fourth-order valence-corrected chi connectivity index (χ4v) is 2.60. The van der Waals surface area contributed by atoms with Crippen LogP contribution >= 0.6 is 15.9 Å². The summed E-state index contributed by atoms with van der Waals surface area (Å²) in [4.78, 5) is 16.0. The molecule has 106 valence electrons. The van der Waals surface area contributed by atoms with E-state index in [1.165, 1.54) is 6.42 Å². The van der Waals surface area contributed by atoms with E-state index in [0.717, 1.165) is 24.1 Å². The molecule has 0 atom stereocenters. The molecule has 0 bridgehead atoms. The number of ether oxygens (including phenoxy) is 2. The third kappa shape index (κ3) is 2.40. The Labute approximate surface area is 125 Å². The van der Waals surface area contributed by atoms with E-state index in [-0.39, 0.29) is 5.82 Å². The number of carbonyl (C=O) groups is 1.